The number of likely N-dealkylation sites (tertiary alicyclic amines) is 1. The van der Waals surface area contributed by atoms with Gasteiger partial charge < -0.3 is 14.7 Å². The maximum atomic E-state index is 13.5. The maximum absolute atomic E-state index is 13.5. The summed E-state index contributed by atoms with van der Waals surface area (Å²) < 4.78 is 7.15. The summed E-state index contributed by atoms with van der Waals surface area (Å²) in [6.07, 6.45) is 3.05. The van der Waals surface area contributed by atoms with Gasteiger partial charge in [-0.3, -0.25) is 14.2 Å². The Morgan fingerprint density at radius 2 is 1.89 bits per heavy atom. The second-order valence-electron chi connectivity index (χ2n) is 9.07. The maximum Gasteiger partial charge on any atom is 0.289 e. The van der Waals surface area contributed by atoms with E-state index in [1.165, 1.54) is 5.56 Å². The van der Waals surface area contributed by atoms with E-state index in [1.807, 2.05) is 49.4 Å². The minimum Gasteiger partial charge on any atom is -0.496 e. The zero-order valence-corrected chi connectivity index (χ0v) is 20.6. The van der Waals surface area contributed by atoms with E-state index in [4.69, 9.17) is 4.74 Å². The monoisotopic (exact) mass is 475 g/mol. The number of nitrogens with zero attached hydrogens (tertiary/aromatic N) is 3. The number of carbonyl (C=O) groups is 1. The van der Waals surface area contributed by atoms with E-state index in [9.17, 15) is 14.7 Å². The van der Waals surface area contributed by atoms with Gasteiger partial charge in [0, 0.05) is 31.0 Å². The molecule has 0 unspecified atom stereocenters. The second kappa shape index (κ2) is 10.8. The highest BCUT2D eigenvalue weighted by Gasteiger charge is 2.33. The van der Waals surface area contributed by atoms with Crippen LogP contribution in [0.5, 0.6) is 11.6 Å². The van der Waals surface area contributed by atoms with Crippen molar-refractivity contribution in [3.8, 4) is 11.6 Å². The molecule has 1 aliphatic rings. The Labute approximate surface area is 206 Å². The normalized spacial score (nSPS) is 16.3. The van der Waals surface area contributed by atoms with Gasteiger partial charge in [-0.2, -0.15) is 4.98 Å². The van der Waals surface area contributed by atoms with Crippen LogP contribution in [0.2, 0.25) is 0 Å². The minimum atomic E-state index is -0.676. The second-order valence-corrected chi connectivity index (χ2v) is 9.07. The van der Waals surface area contributed by atoms with E-state index in [0.29, 0.717) is 31.1 Å². The van der Waals surface area contributed by atoms with Crippen LogP contribution in [0.4, 0.5) is 0 Å². The van der Waals surface area contributed by atoms with E-state index < -0.39 is 17.5 Å². The van der Waals surface area contributed by atoms with Crippen molar-refractivity contribution >= 4 is 5.91 Å². The van der Waals surface area contributed by atoms with Crippen molar-refractivity contribution in [1.82, 2.24) is 14.5 Å². The number of amides is 1. The van der Waals surface area contributed by atoms with Crippen LogP contribution >= 0.6 is 0 Å². The largest absolute Gasteiger partial charge is 0.496 e. The number of hydrogen-bond acceptors (Lipinski definition) is 5. The fourth-order valence-corrected chi connectivity index (χ4v) is 4.92. The lowest BCUT2D eigenvalue weighted by atomic mass is 9.99. The number of aromatic nitrogens is 2. The van der Waals surface area contributed by atoms with Gasteiger partial charge in [-0.1, -0.05) is 61.9 Å². The molecule has 2 atom stereocenters. The minimum absolute atomic E-state index is 0.203. The molecule has 1 aliphatic heterocycles. The van der Waals surface area contributed by atoms with Gasteiger partial charge >= 0.3 is 0 Å². The van der Waals surface area contributed by atoms with E-state index >= 15 is 0 Å². The summed E-state index contributed by atoms with van der Waals surface area (Å²) >= 11 is 0. The molecule has 4 rings (SSSR count). The molecule has 1 N–H and O–H groups in total. The fourth-order valence-electron chi connectivity index (χ4n) is 4.92. The standard InChI is InChI=1S/C28H33N3O4/c1-4-5-15-24-29-26(32)25(27(33)30-17-16-21(18-30)20-11-7-6-8-12-20)28(34)31(24)19(2)22-13-9-10-14-23(22)35-3/h6-14,19,21,34H,4-5,15-18H2,1-3H3/t19-,21+/m1/s1. The molecule has 2 aromatic carbocycles. The summed E-state index contributed by atoms with van der Waals surface area (Å²) in [7, 11) is 1.60. The molecule has 2 heterocycles. The lowest BCUT2D eigenvalue weighted by Gasteiger charge is -2.25. The Morgan fingerprint density at radius 1 is 1.17 bits per heavy atom. The predicted octanol–water partition coefficient (Wildman–Crippen LogP) is 4.54. The molecule has 0 bridgehead atoms. The summed E-state index contributed by atoms with van der Waals surface area (Å²) in [4.78, 5) is 32.5. The third-order valence-corrected chi connectivity index (χ3v) is 6.86. The van der Waals surface area contributed by atoms with Gasteiger partial charge in [0.25, 0.3) is 11.5 Å². The van der Waals surface area contributed by atoms with Gasteiger partial charge in [-0.25, -0.2) is 0 Å². The zero-order chi connectivity index (χ0) is 24.9. The molecule has 1 aromatic heterocycles. The number of ether oxygens (including phenoxy) is 1. The highest BCUT2D eigenvalue weighted by molar-refractivity contribution is 5.96. The van der Waals surface area contributed by atoms with Crippen LogP contribution in [-0.4, -0.2) is 45.7 Å². The number of rotatable bonds is 8. The zero-order valence-electron chi connectivity index (χ0n) is 20.6. The highest BCUT2D eigenvalue weighted by atomic mass is 16.5. The molecule has 0 radical (unpaired) electrons. The Bertz CT molecular complexity index is 1240. The first kappa shape index (κ1) is 24.5. The number of benzene rings is 2. The smallest absolute Gasteiger partial charge is 0.289 e. The van der Waals surface area contributed by atoms with Gasteiger partial charge in [0.1, 0.15) is 11.6 Å². The predicted molar refractivity (Wildman–Crippen MR) is 135 cm³/mol. The molecule has 7 nitrogen and oxygen atoms in total. The Balaban J connectivity index is 1.73. The molecule has 1 saturated heterocycles. The average Bonchev–Trinajstić information content (AvgIpc) is 3.38. The lowest BCUT2D eigenvalue weighted by molar-refractivity contribution is 0.0783. The first-order valence-corrected chi connectivity index (χ1v) is 12.3. The van der Waals surface area contributed by atoms with Crippen molar-refractivity contribution in [1.29, 1.82) is 0 Å². The number of aromatic hydroxyl groups is 1. The molecule has 0 spiro atoms. The molecule has 1 amide bonds. The summed E-state index contributed by atoms with van der Waals surface area (Å²) in [5, 5.41) is 11.4. The summed E-state index contributed by atoms with van der Waals surface area (Å²) in [6.45, 7) is 4.99. The third kappa shape index (κ3) is 4.94. The van der Waals surface area contributed by atoms with Crippen molar-refractivity contribution in [2.45, 2.75) is 51.5 Å². The van der Waals surface area contributed by atoms with Crippen molar-refractivity contribution in [2.75, 3.05) is 20.2 Å². The van der Waals surface area contributed by atoms with Gasteiger partial charge in [-0.05, 0) is 31.4 Å². The molecule has 7 heteroatoms. The van der Waals surface area contributed by atoms with Gasteiger partial charge in [0.15, 0.2) is 5.56 Å². The topological polar surface area (TPSA) is 84.7 Å². The highest BCUT2D eigenvalue weighted by Crippen LogP contribution is 2.33. The summed E-state index contributed by atoms with van der Waals surface area (Å²) in [5.41, 5.74) is 1.06. The van der Waals surface area contributed by atoms with E-state index in [1.54, 1.807) is 16.6 Å². The van der Waals surface area contributed by atoms with Crippen molar-refractivity contribution in [3.05, 3.63) is 87.5 Å². The van der Waals surface area contributed by atoms with Crippen molar-refractivity contribution in [2.24, 2.45) is 0 Å². The van der Waals surface area contributed by atoms with Crippen molar-refractivity contribution < 1.29 is 14.6 Å². The van der Waals surface area contributed by atoms with E-state index in [-0.39, 0.29) is 17.4 Å². The fraction of sp³-hybridized carbons (Fsp3) is 0.393. The summed E-state index contributed by atoms with van der Waals surface area (Å²) in [5.74, 6) is 0.531. The number of hydrogen-bond donors (Lipinski definition) is 1. The van der Waals surface area contributed by atoms with E-state index in [2.05, 4.69) is 24.0 Å². The quantitative estimate of drug-likeness (QED) is 0.517. The van der Waals surface area contributed by atoms with Gasteiger partial charge in [0.2, 0.25) is 5.88 Å². The van der Waals surface area contributed by atoms with Crippen LogP contribution in [0.1, 0.15) is 72.4 Å². The number of para-hydroxylation sites is 1. The van der Waals surface area contributed by atoms with Gasteiger partial charge in [-0.15, -0.1) is 0 Å². The van der Waals surface area contributed by atoms with Crippen molar-refractivity contribution in [3.63, 3.8) is 0 Å². The Hall–Kier alpha value is -3.61. The van der Waals surface area contributed by atoms with Crippen LogP contribution in [-0.2, 0) is 6.42 Å². The first-order valence-electron chi connectivity index (χ1n) is 12.3. The molecule has 0 aliphatic carbocycles. The average molecular weight is 476 g/mol. The third-order valence-electron chi connectivity index (χ3n) is 6.86. The number of methoxy groups -OCH3 is 1. The molecule has 184 valence electrons. The van der Waals surface area contributed by atoms with Crippen LogP contribution in [0.3, 0.4) is 0 Å². The molecule has 1 fully saturated rings. The number of aryl methyl sites for hydroxylation is 1. The van der Waals surface area contributed by atoms with E-state index in [0.717, 1.165) is 24.8 Å². The Morgan fingerprint density at radius 3 is 2.60 bits per heavy atom. The SMILES string of the molecule is CCCCc1nc(=O)c(C(=O)N2CC[C@H](c3ccccc3)C2)c(O)n1[C@H](C)c1ccccc1OC. The molecule has 3 aromatic rings. The molecular weight excluding hydrogens is 442 g/mol. The van der Waals surface area contributed by atoms with Crippen LogP contribution in [0.15, 0.2) is 59.4 Å². The Kier molecular flexibility index (Phi) is 7.54. The van der Waals surface area contributed by atoms with Crippen LogP contribution in [0.25, 0.3) is 0 Å². The molecular formula is C28H33N3O4. The molecule has 35 heavy (non-hydrogen) atoms. The first-order chi connectivity index (χ1) is 17.0. The van der Waals surface area contributed by atoms with Crippen LogP contribution in [0, 0.1) is 0 Å². The number of unbranched alkanes of at least 4 members (excludes halogenated alkanes) is 1. The lowest BCUT2D eigenvalue weighted by Crippen LogP contribution is -2.35. The van der Waals surface area contributed by atoms with Gasteiger partial charge in [0.05, 0.1) is 13.2 Å². The number of carbonyl (C=O) groups excluding carboxylic acids is 1. The molecule has 0 saturated carbocycles. The summed E-state index contributed by atoms with van der Waals surface area (Å²) in [6, 6.07) is 17.2. The van der Waals surface area contributed by atoms with Crippen LogP contribution < -0.4 is 10.3 Å².